The van der Waals surface area contributed by atoms with Crippen LogP contribution >= 0.6 is 0 Å². The summed E-state index contributed by atoms with van der Waals surface area (Å²) < 4.78 is 0. The van der Waals surface area contributed by atoms with E-state index in [4.69, 9.17) is 0 Å². The topological polar surface area (TPSA) is 35.6 Å². The summed E-state index contributed by atoms with van der Waals surface area (Å²) in [4.78, 5) is 16.0. The van der Waals surface area contributed by atoms with E-state index in [1.807, 2.05) is 38.2 Å². The van der Waals surface area contributed by atoms with Crippen molar-refractivity contribution in [3.8, 4) is 0 Å². The third kappa shape index (κ3) is 5.21. The van der Waals surface area contributed by atoms with E-state index in [0.29, 0.717) is 6.54 Å². The maximum absolute atomic E-state index is 12.1. The molecule has 0 aliphatic heterocycles. The highest BCUT2D eigenvalue weighted by atomic mass is 16.2. The molecule has 0 bridgehead atoms. The van der Waals surface area contributed by atoms with Gasteiger partial charge in [-0.3, -0.25) is 4.90 Å². The smallest absolute Gasteiger partial charge is 0.321 e. The fourth-order valence-corrected chi connectivity index (χ4v) is 1.59. The van der Waals surface area contributed by atoms with Crippen LogP contribution in [0.15, 0.2) is 24.3 Å². The van der Waals surface area contributed by atoms with E-state index in [9.17, 15) is 4.79 Å². The summed E-state index contributed by atoms with van der Waals surface area (Å²) >= 11 is 0. The summed E-state index contributed by atoms with van der Waals surface area (Å²) in [5.74, 6) is 0. The molecule has 0 radical (unpaired) electrons. The van der Waals surface area contributed by atoms with Gasteiger partial charge in [-0.2, -0.15) is 0 Å². The van der Waals surface area contributed by atoms with Crippen LogP contribution in [0.1, 0.15) is 26.3 Å². The number of anilines is 1. The summed E-state index contributed by atoms with van der Waals surface area (Å²) in [6.45, 7) is 10.1. The molecule has 1 rings (SSSR count). The lowest BCUT2D eigenvalue weighted by atomic mass is 10.1. The molecule has 0 saturated heterocycles. The number of nitrogens with one attached hydrogen (secondary N) is 1. The van der Waals surface area contributed by atoms with Crippen molar-refractivity contribution in [2.24, 2.45) is 0 Å². The summed E-state index contributed by atoms with van der Waals surface area (Å²) in [6, 6.07) is 7.74. The van der Waals surface area contributed by atoms with Gasteiger partial charge in [0.1, 0.15) is 0 Å². The van der Waals surface area contributed by atoms with Gasteiger partial charge in [0.05, 0.1) is 0 Å². The number of urea groups is 1. The van der Waals surface area contributed by atoms with Crippen LogP contribution in [0, 0.1) is 6.92 Å². The van der Waals surface area contributed by atoms with Gasteiger partial charge in [0, 0.05) is 31.4 Å². The predicted molar refractivity (Wildman–Crippen MR) is 85.2 cm³/mol. The molecule has 0 atom stereocenters. The Kier molecular flexibility index (Phi) is 5.57. The van der Waals surface area contributed by atoms with Gasteiger partial charge in [0.2, 0.25) is 0 Å². The van der Waals surface area contributed by atoms with Gasteiger partial charge in [-0.1, -0.05) is 17.7 Å². The summed E-state index contributed by atoms with van der Waals surface area (Å²) in [6.07, 6.45) is 0. The molecule has 20 heavy (non-hydrogen) atoms. The number of rotatable bonds is 4. The third-order valence-corrected chi connectivity index (χ3v) is 3.57. The van der Waals surface area contributed by atoms with Gasteiger partial charge < -0.3 is 10.2 Å². The molecule has 0 unspecified atom stereocenters. The number of carbonyl (C=O) groups is 1. The quantitative estimate of drug-likeness (QED) is 0.917. The van der Waals surface area contributed by atoms with Gasteiger partial charge in [-0.25, -0.2) is 4.79 Å². The van der Waals surface area contributed by atoms with Gasteiger partial charge in [-0.15, -0.1) is 0 Å². The average molecular weight is 277 g/mol. The monoisotopic (exact) mass is 277 g/mol. The fourth-order valence-electron chi connectivity index (χ4n) is 1.59. The molecule has 0 aliphatic carbocycles. The van der Waals surface area contributed by atoms with Crippen molar-refractivity contribution in [1.29, 1.82) is 0 Å². The van der Waals surface area contributed by atoms with Crippen molar-refractivity contribution in [1.82, 2.24) is 9.80 Å². The number of hydrogen-bond acceptors (Lipinski definition) is 2. The minimum absolute atomic E-state index is 0.0730. The van der Waals surface area contributed by atoms with E-state index >= 15 is 0 Å². The van der Waals surface area contributed by atoms with Crippen LogP contribution in [0.2, 0.25) is 0 Å². The van der Waals surface area contributed by atoms with Gasteiger partial charge in [0.25, 0.3) is 0 Å². The van der Waals surface area contributed by atoms with Crippen molar-refractivity contribution in [3.63, 3.8) is 0 Å². The second kappa shape index (κ2) is 6.75. The van der Waals surface area contributed by atoms with Crippen LogP contribution in [-0.2, 0) is 0 Å². The first kappa shape index (κ1) is 16.5. The van der Waals surface area contributed by atoms with Gasteiger partial charge in [-0.05, 0) is 46.9 Å². The second-order valence-corrected chi connectivity index (χ2v) is 6.31. The molecule has 0 aromatic heterocycles. The highest BCUT2D eigenvalue weighted by molar-refractivity contribution is 5.89. The van der Waals surface area contributed by atoms with Crippen molar-refractivity contribution in [2.45, 2.75) is 33.2 Å². The normalized spacial score (nSPS) is 11.6. The highest BCUT2D eigenvalue weighted by Gasteiger charge is 2.18. The van der Waals surface area contributed by atoms with Crippen LogP contribution in [0.4, 0.5) is 10.5 Å². The standard InChI is InChI=1S/C16H27N3O/c1-13-7-9-14(10-8-13)17-15(20)18(5)11-12-19(6)16(2,3)4/h7-10H,11-12H2,1-6H3,(H,17,20). The Hall–Kier alpha value is -1.55. The number of hydrogen-bond donors (Lipinski definition) is 1. The molecule has 0 heterocycles. The summed E-state index contributed by atoms with van der Waals surface area (Å²) in [5, 5.41) is 2.90. The van der Waals surface area contributed by atoms with E-state index in [0.717, 1.165) is 12.2 Å². The molecule has 1 aromatic rings. The van der Waals surface area contributed by atoms with E-state index in [1.54, 1.807) is 4.90 Å². The van der Waals surface area contributed by atoms with Gasteiger partial charge in [0.15, 0.2) is 0 Å². The first-order valence-electron chi connectivity index (χ1n) is 7.00. The summed E-state index contributed by atoms with van der Waals surface area (Å²) in [7, 11) is 3.89. The van der Waals surface area contributed by atoms with Crippen molar-refractivity contribution in [2.75, 3.05) is 32.5 Å². The lowest BCUT2D eigenvalue weighted by Gasteiger charge is -2.33. The number of benzene rings is 1. The zero-order chi connectivity index (χ0) is 15.3. The zero-order valence-electron chi connectivity index (χ0n) is 13.5. The maximum atomic E-state index is 12.1. The molecule has 0 fully saturated rings. The number of aryl methyl sites for hydroxylation is 1. The van der Waals surface area contributed by atoms with Crippen LogP contribution < -0.4 is 5.32 Å². The Bertz CT molecular complexity index is 434. The van der Waals surface area contributed by atoms with Crippen LogP contribution in [0.25, 0.3) is 0 Å². The Morgan fingerprint density at radius 2 is 1.65 bits per heavy atom. The fraction of sp³-hybridized carbons (Fsp3) is 0.562. The minimum Gasteiger partial charge on any atom is -0.326 e. The molecule has 112 valence electrons. The lowest BCUT2D eigenvalue weighted by Crippen LogP contribution is -2.44. The Labute approximate surface area is 122 Å². The molecule has 4 nitrogen and oxygen atoms in total. The van der Waals surface area contributed by atoms with Gasteiger partial charge >= 0.3 is 6.03 Å². The molecule has 4 heteroatoms. The van der Waals surface area contributed by atoms with Crippen LogP contribution in [-0.4, -0.2) is 48.6 Å². The van der Waals surface area contributed by atoms with Crippen molar-refractivity contribution < 1.29 is 4.79 Å². The average Bonchev–Trinajstić information content (AvgIpc) is 2.36. The number of carbonyl (C=O) groups excluding carboxylic acids is 1. The van der Waals surface area contributed by atoms with E-state index in [1.165, 1.54) is 5.56 Å². The lowest BCUT2D eigenvalue weighted by molar-refractivity contribution is 0.157. The molecule has 1 aromatic carbocycles. The molecular formula is C16H27N3O. The Morgan fingerprint density at radius 3 is 2.15 bits per heavy atom. The third-order valence-electron chi connectivity index (χ3n) is 3.57. The summed E-state index contributed by atoms with van der Waals surface area (Å²) in [5.41, 5.74) is 2.13. The largest absolute Gasteiger partial charge is 0.326 e. The number of amides is 2. The molecule has 2 amide bonds. The Balaban J connectivity index is 2.45. The predicted octanol–water partition coefficient (Wildman–Crippen LogP) is 3.19. The number of likely N-dealkylation sites (N-methyl/N-ethyl adjacent to an activating group) is 2. The molecule has 0 aliphatic rings. The molecule has 0 saturated carbocycles. The van der Waals surface area contributed by atoms with Crippen LogP contribution in [0.3, 0.4) is 0 Å². The SMILES string of the molecule is Cc1ccc(NC(=O)N(C)CCN(C)C(C)(C)C)cc1. The number of nitrogens with zero attached hydrogens (tertiary/aromatic N) is 2. The van der Waals surface area contributed by atoms with Crippen molar-refractivity contribution in [3.05, 3.63) is 29.8 Å². The zero-order valence-corrected chi connectivity index (χ0v) is 13.5. The maximum Gasteiger partial charge on any atom is 0.321 e. The molecule has 1 N–H and O–H groups in total. The van der Waals surface area contributed by atoms with Crippen LogP contribution in [0.5, 0.6) is 0 Å². The molecular weight excluding hydrogens is 250 g/mol. The Morgan fingerprint density at radius 1 is 1.10 bits per heavy atom. The van der Waals surface area contributed by atoms with E-state index in [-0.39, 0.29) is 11.6 Å². The first-order valence-corrected chi connectivity index (χ1v) is 7.00. The first-order chi connectivity index (χ1) is 9.20. The molecule has 0 spiro atoms. The minimum atomic E-state index is -0.0730. The van der Waals surface area contributed by atoms with E-state index < -0.39 is 0 Å². The second-order valence-electron chi connectivity index (χ2n) is 6.31. The highest BCUT2D eigenvalue weighted by Crippen LogP contribution is 2.11. The van der Waals surface area contributed by atoms with Crippen molar-refractivity contribution >= 4 is 11.7 Å². The van der Waals surface area contributed by atoms with E-state index in [2.05, 4.69) is 38.0 Å².